The van der Waals surface area contributed by atoms with E-state index in [0.29, 0.717) is 19.1 Å². The van der Waals surface area contributed by atoms with Crippen LogP contribution in [-0.4, -0.2) is 45.2 Å². The van der Waals surface area contributed by atoms with Gasteiger partial charge in [0.25, 0.3) is 0 Å². The van der Waals surface area contributed by atoms with E-state index in [1.807, 2.05) is 0 Å². The number of unbranched alkanes of at least 4 members (excludes halogenated alkanes) is 1. The fourth-order valence-electron chi connectivity index (χ4n) is 2.44. The van der Waals surface area contributed by atoms with Crippen LogP contribution in [0.4, 0.5) is 0 Å². The van der Waals surface area contributed by atoms with Gasteiger partial charge < -0.3 is 19.9 Å². The van der Waals surface area contributed by atoms with Crippen molar-refractivity contribution in [3.8, 4) is 0 Å². The van der Waals surface area contributed by atoms with Crippen LogP contribution in [-0.2, 0) is 14.2 Å². The first-order valence-corrected chi connectivity index (χ1v) is 7.70. The van der Waals surface area contributed by atoms with Crippen molar-refractivity contribution in [3.63, 3.8) is 0 Å². The third kappa shape index (κ3) is 5.78. The second kappa shape index (κ2) is 9.70. The Labute approximate surface area is 118 Å². The zero-order valence-electron chi connectivity index (χ0n) is 12.8. The largest absolute Gasteiger partial charge is 0.382 e. The van der Waals surface area contributed by atoms with Crippen LogP contribution in [0.2, 0.25) is 0 Å². The number of hydrogen-bond acceptors (Lipinski definition) is 4. The van der Waals surface area contributed by atoms with Crippen LogP contribution < -0.4 is 5.73 Å². The Morgan fingerprint density at radius 3 is 2.58 bits per heavy atom. The van der Waals surface area contributed by atoms with Crippen molar-refractivity contribution in [2.75, 3.05) is 26.9 Å². The molecule has 0 amide bonds. The maximum Gasteiger partial charge on any atom is 0.0989 e. The van der Waals surface area contributed by atoms with Gasteiger partial charge in [-0.1, -0.05) is 33.1 Å². The van der Waals surface area contributed by atoms with Crippen molar-refractivity contribution in [1.82, 2.24) is 0 Å². The molecule has 0 saturated heterocycles. The predicted molar refractivity (Wildman–Crippen MR) is 77.3 cm³/mol. The second-order valence-electron chi connectivity index (χ2n) is 5.52. The Morgan fingerprint density at radius 1 is 1.21 bits per heavy atom. The molecule has 0 heterocycles. The van der Waals surface area contributed by atoms with Crippen molar-refractivity contribution in [2.24, 2.45) is 11.7 Å². The summed E-state index contributed by atoms with van der Waals surface area (Å²) >= 11 is 0. The van der Waals surface area contributed by atoms with Gasteiger partial charge in [-0.2, -0.15) is 0 Å². The molecular formula is C15H31NO3. The van der Waals surface area contributed by atoms with Gasteiger partial charge in [0.15, 0.2) is 0 Å². The molecule has 1 aliphatic carbocycles. The Kier molecular flexibility index (Phi) is 8.62. The van der Waals surface area contributed by atoms with Crippen LogP contribution in [0, 0.1) is 5.92 Å². The van der Waals surface area contributed by atoms with E-state index >= 15 is 0 Å². The lowest BCUT2D eigenvalue weighted by atomic mass is 9.86. The minimum absolute atomic E-state index is 0.0545. The smallest absolute Gasteiger partial charge is 0.0989 e. The molecule has 0 aromatic rings. The van der Waals surface area contributed by atoms with E-state index < -0.39 is 0 Å². The molecule has 1 rings (SSSR count). The van der Waals surface area contributed by atoms with Crippen LogP contribution in [0.5, 0.6) is 0 Å². The highest BCUT2D eigenvalue weighted by atomic mass is 16.6. The molecule has 1 aliphatic rings. The van der Waals surface area contributed by atoms with Gasteiger partial charge in [-0.05, 0) is 18.8 Å². The summed E-state index contributed by atoms with van der Waals surface area (Å²) in [6.45, 7) is 6.53. The third-order valence-corrected chi connectivity index (χ3v) is 3.98. The van der Waals surface area contributed by atoms with Crippen LogP contribution in [0.15, 0.2) is 0 Å². The highest BCUT2D eigenvalue weighted by molar-refractivity contribution is 4.95. The molecule has 4 heteroatoms. The average molecular weight is 273 g/mol. The maximum absolute atomic E-state index is 6.00. The standard InChI is InChI=1S/C15H31NO3/c1-4-6-7-12(5-2)11-19-14-10-13(16)15(14)18-9-8-17-3/h12-15H,4-11,16H2,1-3H3. The molecule has 4 nitrogen and oxygen atoms in total. The monoisotopic (exact) mass is 273 g/mol. The van der Waals surface area contributed by atoms with E-state index in [2.05, 4.69) is 13.8 Å². The molecule has 1 saturated carbocycles. The first-order valence-electron chi connectivity index (χ1n) is 7.70. The summed E-state index contributed by atoms with van der Waals surface area (Å²) in [6, 6.07) is 0.123. The van der Waals surface area contributed by atoms with Crippen molar-refractivity contribution >= 4 is 0 Å². The minimum Gasteiger partial charge on any atom is -0.382 e. The van der Waals surface area contributed by atoms with Gasteiger partial charge in [-0.3, -0.25) is 0 Å². The van der Waals surface area contributed by atoms with Gasteiger partial charge in [0.05, 0.1) is 25.4 Å². The molecule has 0 aliphatic heterocycles. The summed E-state index contributed by atoms with van der Waals surface area (Å²) in [5, 5.41) is 0. The summed E-state index contributed by atoms with van der Waals surface area (Å²) in [5.41, 5.74) is 5.97. The quantitative estimate of drug-likeness (QED) is 0.587. The molecule has 114 valence electrons. The molecule has 0 radical (unpaired) electrons. The Balaban J connectivity index is 2.20. The van der Waals surface area contributed by atoms with Crippen molar-refractivity contribution < 1.29 is 14.2 Å². The van der Waals surface area contributed by atoms with Crippen LogP contribution >= 0.6 is 0 Å². The van der Waals surface area contributed by atoms with Gasteiger partial charge in [0, 0.05) is 19.8 Å². The summed E-state index contributed by atoms with van der Waals surface area (Å²) < 4.78 is 16.7. The summed E-state index contributed by atoms with van der Waals surface area (Å²) in [5.74, 6) is 0.677. The highest BCUT2D eigenvalue weighted by Crippen LogP contribution is 2.27. The normalized spacial score (nSPS) is 28.1. The van der Waals surface area contributed by atoms with Crippen LogP contribution in [0.25, 0.3) is 0 Å². The van der Waals surface area contributed by atoms with E-state index in [1.165, 1.54) is 25.7 Å². The van der Waals surface area contributed by atoms with Crippen LogP contribution in [0.1, 0.15) is 46.0 Å². The Morgan fingerprint density at radius 2 is 2.00 bits per heavy atom. The second-order valence-corrected chi connectivity index (χ2v) is 5.52. The number of methoxy groups -OCH3 is 1. The Bertz CT molecular complexity index is 225. The molecule has 2 N–H and O–H groups in total. The predicted octanol–water partition coefficient (Wildman–Crippen LogP) is 2.35. The third-order valence-electron chi connectivity index (χ3n) is 3.98. The molecule has 19 heavy (non-hydrogen) atoms. The van der Waals surface area contributed by atoms with Crippen molar-refractivity contribution in [2.45, 2.75) is 64.2 Å². The first-order chi connectivity index (χ1) is 9.22. The molecule has 4 unspecified atom stereocenters. The molecular weight excluding hydrogens is 242 g/mol. The molecule has 1 fully saturated rings. The SMILES string of the molecule is CCCCC(CC)COC1CC(N)C1OCCOC. The number of ether oxygens (including phenoxy) is 3. The summed E-state index contributed by atoms with van der Waals surface area (Å²) in [4.78, 5) is 0. The molecule has 0 bridgehead atoms. The first kappa shape index (κ1) is 16.9. The number of nitrogens with two attached hydrogens (primary N) is 1. The zero-order valence-corrected chi connectivity index (χ0v) is 12.8. The van der Waals surface area contributed by atoms with Gasteiger partial charge in [-0.15, -0.1) is 0 Å². The van der Waals surface area contributed by atoms with Crippen molar-refractivity contribution in [1.29, 1.82) is 0 Å². The highest BCUT2D eigenvalue weighted by Gasteiger charge is 2.40. The minimum atomic E-state index is 0.0545. The molecule has 0 spiro atoms. The van der Waals surface area contributed by atoms with Crippen LogP contribution in [0.3, 0.4) is 0 Å². The summed E-state index contributed by atoms with van der Waals surface area (Å²) in [7, 11) is 1.68. The van der Waals surface area contributed by atoms with Crippen molar-refractivity contribution in [3.05, 3.63) is 0 Å². The number of rotatable bonds is 11. The van der Waals surface area contributed by atoms with E-state index in [1.54, 1.807) is 7.11 Å². The molecule has 0 aromatic heterocycles. The lowest BCUT2D eigenvalue weighted by Crippen LogP contribution is -2.58. The Hall–Kier alpha value is -0.160. The average Bonchev–Trinajstić information content (AvgIpc) is 2.42. The van der Waals surface area contributed by atoms with Gasteiger partial charge in [0.1, 0.15) is 0 Å². The lowest BCUT2D eigenvalue weighted by Gasteiger charge is -2.42. The molecule has 0 aromatic carbocycles. The number of hydrogen-bond donors (Lipinski definition) is 1. The van der Waals surface area contributed by atoms with E-state index in [9.17, 15) is 0 Å². The van der Waals surface area contributed by atoms with Gasteiger partial charge in [-0.25, -0.2) is 0 Å². The fourth-order valence-corrected chi connectivity index (χ4v) is 2.44. The van der Waals surface area contributed by atoms with Gasteiger partial charge >= 0.3 is 0 Å². The van der Waals surface area contributed by atoms with E-state index in [-0.39, 0.29) is 18.2 Å². The van der Waals surface area contributed by atoms with E-state index in [0.717, 1.165) is 13.0 Å². The topological polar surface area (TPSA) is 53.7 Å². The molecule has 4 atom stereocenters. The maximum atomic E-state index is 6.00. The summed E-state index contributed by atoms with van der Waals surface area (Å²) in [6.07, 6.45) is 6.16. The zero-order chi connectivity index (χ0) is 14.1. The van der Waals surface area contributed by atoms with E-state index in [4.69, 9.17) is 19.9 Å². The lowest BCUT2D eigenvalue weighted by molar-refractivity contribution is -0.150. The fraction of sp³-hybridized carbons (Fsp3) is 1.00. The van der Waals surface area contributed by atoms with Gasteiger partial charge in [0.2, 0.25) is 0 Å².